The molecule has 0 spiro atoms. The molecule has 2 rings (SSSR count). The molecule has 19 heavy (non-hydrogen) atoms. The Labute approximate surface area is 125 Å². The molecular weight excluding hydrogens is 357 g/mol. The van der Waals surface area contributed by atoms with Crippen LogP contribution in [0.25, 0.3) is 0 Å². The quantitative estimate of drug-likeness (QED) is 0.819. The highest BCUT2D eigenvalue weighted by Gasteiger charge is 2.07. The van der Waals surface area contributed by atoms with Gasteiger partial charge in [0.25, 0.3) is 0 Å². The molecule has 2 aromatic rings. The highest BCUT2D eigenvalue weighted by molar-refractivity contribution is 14.1. The maximum atomic E-state index is 5.73. The lowest BCUT2D eigenvalue weighted by atomic mass is 10.3. The number of anilines is 1. The zero-order valence-corrected chi connectivity index (χ0v) is 12.6. The standard InChI is InChI=1S/C13H14IN3O2/c1-2-18-8-12-16-11(15)7-13(17-12)19-10-6-4-3-5-9(10)14/h3-7H,2,8H2,1H3,(H2,15,16,17). The molecular formula is C13H14IN3O2. The Kier molecular flexibility index (Phi) is 4.92. The van der Waals surface area contributed by atoms with Crippen LogP contribution in [0, 0.1) is 3.57 Å². The van der Waals surface area contributed by atoms with Crippen LogP contribution < -0.4 is 10.5 Å². The van der Waals surface area contributed by atoms with Gasteiger partial charge in [0.2, 0.25) is 5.88 Å². The number of halogens is 1. The number of nitrogen functional groups attached to an aromatic ring is 1. The van der Waals surface area contributed by atoms with Gasteiger partial charge in [-0.05, 0) is 41.6 Å². The van der Waals surface area contributed by atoms with Gasteiger partial charge in [-0.15, -0.1) is 0 Å². The maximum Gasteiger partial charge on any atom is 0.224 e. The van der Waals surface area contributed by atoms with E-state index in [1.54, 1.807) is 6.07 Å². The Bertz CT molecular complexity index is 563. The van der Waals surface area contributed by atoms with Gasteiger partial charge in [-0.2, -0.15) is 4.98 Å². The van der Waals surface area contributed by atoms with Crippen LogP contribution in [-0.4, -0.2) is 16.6 Å². The highest BCUT2D eigenvalue weighted by atomic mass is 127. The third-order valence-electron chi connectivity index (χ3n) is 2.26. The smallest absolute Gasteiger partial charge is 0.224 e. The largest absolute Gasteiger partial charge is 0.438 e. The van der Waals surface area contributed by atoms with Gasteiger partial charge in [0.05, 0.1) is 3.57 Å². The molecule has 6 heteroatoms. The molecule has 1 aromatic heterocycles. The van der Waals surface area contributed by atoms with E-state index in [2.05, 4.69) is 32.6 Å². The van der Waals surface area contributed by atoms with E-state index in [9.17, 15) is 0 Å². The topological polar surface area (TPSA) is 70.3 Å². The predicted molar refractivity (Wildman–Crippen MR) is 81.0 cm³/mol. The number of hydrogen-bond acceptors (Lipinski definition) is 5. The molecule has 0 aliphatic heterocycles. The van der Waals surface area contributed by atoms with Crippen LogP contribution in [0.5, 0.6) is 11.6 Å². The lowest BCUT2D eigenvalue weighted by Gasteiger charge is -2.08. The molecule has 0 aliphatic carbocycles. The van der Waals surface area contributed by atoms with Crippen molar-refractivity contribution in [2.24, 2.45) is 0 Å². The molecule has 0 aliphatic rings. The number of hydrogen-bond donors (Lipinski definition) is 1. The molecule has 0 unspecified atom stereocenters. The molecule has 0 saturated heterocycles. The summed E-state index contributed by atoms with van der Waals surface area (Å²) < 4.78 is 12.0. The Hall–Kier alpha value is -1.41. The zero-order chi connectivity index (χ0) is 13.7. The van der Waals surface area contributed by atoms with Crippen LogP contribution in [-0.2, 0) is 11.3 Å². The van der Waals surface area contributed by atoms with Gasteiger partial charge in [0.15, 0.2) is 5.82 Å². The first-order valence-corrected chi connectivity index (χ1v) is 6.90. The fourth-order valence-corrected chi connectivity index (χ4v) is 1.94. The van der Waals surface area contributed by atoms with Crippen LogP contribution in [0.3, 0.4) is 0 Å². The molecule has 0 saturated carbocycles. The molecule has 0 atom stereocenters. The number of nitrogens with zero attached hydrogens (tertiary/aromatic N) is 2. The van der Waals surface area contributed by atoms with Gasteiger partial charge in [-0.3, -0.25) is 0 Å². The Balaban J connectivity index is 2.20. The van der Waals surface area contributed by atoms with E-state index in [0.717, 1.165) is 9.32 Å². The summed E-state index contributed by atoms with van der Waals surface area (Å²) in [6.45, 7) is 2.84. The monoisotopic (exact) mass is 371 g/mol. The lowest BCUT2D eigenvalue weighted by molar-refractivity contribution is 0.128. The second-order valence-electron chi connectivity index (χ2n) is 3.72. The predicted octanol–water partition coefficient (Wildman–Crippen LogP) is 2.99. The fourth-order valence-electron chi connectivity index (χ4n) is 1.44. The molecule has 100 valence electrons. The number of aromatic nitrogens is 2. The van der Waals surface area contributed by atoms with Crippen molar-refractivity contribution in [2.45, 2.75) is 13.5 Å². The van der Waals surface area contributed by atoms with E-state index in [1.165, 1.54) is 0 Å². The third kappa shape index (κ3) is 4.03. The van der Waals surface area contributed by atoms with E-state index in [1.807, 2.05) is 31.2 Å². The summed E-state index contributed by atoms with van der Waals surface area (Å²) in [5.41, 5.74) is 5.73. The first-order valence-electron chi connectivity index (χ1n) is 5.82. The van der Waals surface area contributed by atoms with E-state index >= 15 is 0 Å². The molecule has 5 nitrogen and oxygen atoms in total. The van der Waals surface area contributed by atoms with Gasteiger partial charge >= 0.3 is 0 Å². The second kappa shape index (κ2) is 6.67. The summed E-state index contributed by atoms with van der Waals surface area (Å²) in [4.78, 5) is 8.36. The average Bonchev–Trinajstić information content (AvgIpc) is 2.38. The SMILES string of the molecule is CCOCc1nc(N)cc(Oc2ccccc2I)n1. The molecule has 1 heterocycles. The van der Waals surface area contributed by atoms with Crippen molar-refractivity contribution >= 4 is 28.4 Å². The van der Waals surface area contributed by atoms with Crippen molar-refractivity contribution in [2.75, 3.05) is 12.3 Å². The fraction of sp³-hybridized carbons (Fsp3) is 0.231. The lowest BCUT2D eigenvalue weighted by Crippen LogP contribution is -2.03. The van der Waals surface area contributed by atoms with Crippen molar-refractivity contribution in [1.29, 1.82) is 0 Å². The molecule has 1 aromatic carbocycles. The summed E-state index contributed by atoms with van der Waals surface area (Å²) >= 11 is 2.20. The van der Waals surface area contributed by atoms with Crippen LogP contribution >= 0.6 is 22.6 Å². The van der Waals surface area contributed by atoms with Crippen LogP contribution in [0.4, 0.5) is 5.82 Å². The molecule has 0 radical (unpaired) electrons. The molecule has 2 N–H and O–H groups in total. The van der Waals surface area contributed by atoms with Crippen LogP contribution in [0.2, 0.25) is 0 Å². The van der Waals surface area contributed by atoms with Gasteiger partial charge in [0.1, 0.15) is 18.2 Å². The van der Waals surface area contributed by atoms with Crippen molar-refractivity contribution in [3.63, 3.8) is 0 Å². The van der Waals surface area contributed by atoms with Gasteiger partial charge in [0, 0.05) is 12.7 Å². The molecule has 0 bridgehead atoms. The summed E-state index contributed by atoms with van der Waals surface area (Å²) in [5, 5.41) is 0. The Morgan fingerprint density at radius 3 is 2.79 bits per heavy atom. The molecule has 0 fully saturated rings. The normalized spacial score (nSPS) is 10.4. The van der Waals surface area contributed by atoms with Crippen molar-refractivity contribution in [3.8, 4) is 11.6 Å². The van der Waals surface area contributed by atoms with Crippen molar-refractivity contribution in [1.82, 2.24) is 9.97 Å². The summed E-state index contributed by atoms with van der Waals surface area (Å²) in [6.07, 6.45) is 0. The summed E-state index contributed by atoms with van der Waals surface area (Å²) in [6, 6.07) is 9.29. The number of rotatable bonds is 5. The average molecular weight is 371 g/mol. The van der Waals surface area contributed by atoms with Gasteiger partial charge < -0.3 is 15.2 Å². The van der Waals surface area contributed by atoms with Crippen LogP contribution in [0.15, 0.2) is 30.3 Å². The van der Waals surface area contributed by atoms with E-state index in [4.69, 9.17) is 15.2 Å². The zero-order valence-electron chi connectivity index (χ0n) is 10.5. The summed E-state index contributed by atoms with van der Waals surface area (Å²) in [7, 11) is 0. The van der Waals surface area contributed by atoms with Gasteiger partial charge in [-0.1, -0.05) is 12.1 Å². The number of nitrogens with two attached hydrogens (primary N) is 1. The van der Waals surface area contributed by atoms with E-state index < -0.39 is 0 Å². The summed E-state index contributed by atoms with van der Waals surface area (Å²) in [5.74, 6) is 2.04. The highest BCUT2D eigenvalue weighted by Crippen LogP contribution is 2.25. The minimum absolute atomic E-state index is 0.323. The van der Waals surface area contributed by atoms with Gasteiger partial charge in [-0.25, -0.2) is 4.98 Å². The third-order valence-corrected chi connectivity index (χ3v) is 3.15. The first-order chi connectivity index (χ1) is 9.19. The molecule has 0 amide bonds. The minimum Gasteiger partial charge on any atom is -0.438 e. The number of benzene rings is 1. The Morgan fingerprint density at radius 1 is 1.26 bits per heavy atom. The van der Waals surface area contributed by atoms with Crippen LogP contribution in [0.1, 0.15) is 12.7 Å². The maximum absolute atomic E-state index is 5.73. The van der Waals surface area contributed by atoms with Crippen molar-refractivity contribution < 1.29 is 9.47 Å². The second-order valence-corrected chi connectivity index (χ2v) is 4.88. The number of ether oxygens (including phenoxy) is 2. The van der Waals surface area contributed by atoms with E-state index in [-0.39, 0.29) is 0 Å². The van der Waals surface area contributed by atoms with E-state index in [0.29, 0.717) is 30.7 Å². The first kappa shape index (κ1) is 14.0. The Morgan fingerprint density at radius 2 is 2.05 bits per heavy atom. The number of para-hydroxylation sites is 1. The minimum atomic E-state index is 0.323. The van der Waals surface area contributed by atoms with Crippen molar-refractivity contribution in [3.05, 3.63) is 39.7 Å².